The third kappa shape index (κ3) is 4.44. The van der Waals surface area contributed by atoms with E-state index >= 15 is 0 Å². The van der Waals surface area contributed by atoms with Gasteiger partial charge in [-0.25, -0.2) is 4.98 Å². The van der Waals surface area contributed by atoms with Crippen molar-refractivity contribution in [1.29, 1.82) is 0 Å². The van der Waals surface area contributed by atoms with Crippen LogP contribution in [0.1, 0.15) is 52.8 Å². The van der Waals surface area contributed by atoms with Crippen LogP contribution in [0.15, 0.2) is 35.3 Å². The standard InChI is InChI=1S/C14H16N2.2C2H6/c1-4-11-6-5-7-12-8-9-13(10(2)15-3)16-14(11)12;2*1-2/h5-9H,4H2,1-3H3;2*1-2H3. The molecule has 110 valence electrons. The number of nitrogens with zero attached hydrogens (tertiary/aromatic N) is 2. The molecule has 1 aromatic carbocycles. The molecule has 2 nitrogen and oxygen atoms in total. The molecule has 0 saturated carbocycles. The summed E-state index contributed by atoms with van der Waals surface area (Å²) in [6.07, 6.45) is 1.01. The fraction of sp³-hybridized carbons (Fsp3) is 0.444. The second-order valence-corrected chi connectivity index (χ2v) is 3.85. The second-order valence-electron chi connectivity index (χ2n) is 3.85. The molecule has 0 amide bonds. The predicted molar refractivity (Wildman–Crippen MR) is 92.0 cm³/mol. The van der Waals surface area contributed by atoms with Gasteiger partial charge in [0.2, 0.25) is 0 Å². The summed E-state index contributed by atoms with van der Waals surface area (Å²) in [5.41, 5.74) is 4.34. The van der Waals surface area contributed by atoms with E-state index in [1.165, 1.54) is 10.9 Å². The molecule has 0 aliphatic heterocycles. The van der Waals surface area contributed by atoms with Gasteiger partial charge >= 0.3 is 0 Å². The maximum Gasteiger partial charge on any atom is 0.0844 e. The van der Waals surface area contributed by atoms with E-state index in [9.17, 15) is 0 Å². The molecule has 0 radical (unpaired) electrons. The highest BCUT2D eigenvalue weighted by molar-refractivity contribution is 5.99. The molecule has 2 aromatic rings. The molecule has 1 heterocycles. The van der Waals surface area contributed by atoms with Crippen LogP contribution in [0, 0.1) is 0 Å². The minimum atomic E-state index is 0.968. The molecule has 0 aliphatic carbocycles. The zero-order chi connectivity index (χ0) is 15.5. The van der Waals surface area contributed by atoms with Gasteiger partial charge in [0, 0.05) is 12.4 Å². The lowest BCUT2D eigenvalue weighted by Crippen LogP contribution is -1.99. The molecule has 0 fully saturated rings. The number of para-hydroxylation sites is 1. The number of hydrogen-bond donors (Lipinski definition) is 0. The molecule has 0 unspecified atom stereocenters. The first-order chi connectivity index (χ1) is 9.76. The van der Waals surface area contributed by atoms with Gasteiger partial charge < -0.3 is 0 Å². The van der Waals surface area contributed by atoms with Crippen LogP contribution in [0.4, 0.5) is 0 Å². The van der Waals surface area contributed by atoms with Crippen LogP contribution in [0.25, 0.3) is 10.9 Å². The van der Waals surface area contributed by atoms with Crippen molar-refractivity contribution < 1.29 is 0 Å². The normalized spacial score (nSPS) is 10.2. The molecule has 0 aliphatic rings. The average Bonchev–Trinajstić information content (AvgIpc) is 2.56. The fourth-order valence-corrected chi connectivity index (χ4v) is 1.81. The maximum atomic E-state index is 4.69. The van der Waals surface area contributed by atoms with Crippen molar-refractivity contribution in [2.45, 2.75) is 48.0 Å². The zero-order valence-corrected chi connectivity index (χ0v) is 14.0. The van der Waals surface area contributed by atoms with Gasteiger partial charge in [-0.1, -0.05) is 58.9 Å². The largest absolute Gasteiger partial charge is 0.291 e. The number of aliphatic imine (C=N–C) groups is 1. The van der Waals surface area contributed by atoms with Crippen molar-refractivity contribution >= 4 is 16.6 Å². The Morgan fingerprint density at radius 3 is 2.25 bits per heavy atom. The van der Waals surface area contributed by atoms with E-state index in [0.29, 0.717) is 0 Å². The lowest BCUT2D eigenvalue weighted by molar-refractivity contribution is 1.14. The van der Waals surface area contributed by atoms with E-state index in [2.05, 4.69) is 41.2 Å². The van der Waals surface area contributed by atoms with Crippen LogP contribution in [-0.4, -0.2) is 17.7 Å². The average molecular weight is 272 g/mol. The summed E-state index contributed by atoms with van der Waals surface area (Å²) in [7, 11) is 1.80. The molecular weight excluding hydrogens is 244 g/mol. The first-order valence-electron chi connectivity index (χ1n) is 7.58. The topological polar surface area (TPSA) is 25.2 Å². The number of pyridine rings is 1. The van der Waals surface area contributed by atoms with E-state index in [-0.39, 0.29) is 0 Å². The van der Waals surface area contributed by atoms with Crippen molar-refractivity contribution in [2.24, 2.45) is 4.99 Å². The zero-order valence-electron chi connectivity index (χ0n) is 14.0. The van der Waals surface area contributed by atoms with Crippen LogP contribution < -0.4 is 0 Å². The molecule has 0 bridgehead atoms. The molecule has 1 aromatic heterocycles. The smallest absolute Gasteiger partial charge is 0.0844 e. The van der Waals surface area contributed by atoms with E-state index in [1.807, 2.05) is 40.7 Å². The number of fused-ring (bicyclic) bond motifs is 1. The molecular formula is C18H28N2. The SMILES string of the molecule is CC.CC.CCc1cccc2ccc(C(C)=NC)nc12. The third-order valence-corrected chi connectivity index (χ3v) is 2.89. The lowest BCUT2D eigenvalue weighted by Gasteiger charge is -2.05. The summed E-state index contributed by atoms with van der Waals surface area (Å²) in [4.78, 5) is 8.86. The van der Waals surface area contributed by atoms with Gasteiger partial charge in [0.05, 0.1) is 16.9 Å². The Bertz CT molecular complexity index is 542. The predicted octanol–water partition coefficient (Wildman–Crippen LogP) is 5.29. The molecule has 0 spiro atoms. The molecule has 2 rings (SSSR count). The summed E-state index contributed by atoms with van der Waals surface area (Å²) in [5, 5.41) is 1.20. The molecule has 0 saturated heterocycles. The molecule has 0 N–H and O–H groups in total. The number of aryl methyl sites for hydroxylation is 1. The van der Waals surface area contributed by atoms with Crippen LogP contribution in [0.2, 0.25) is 0 Å². The van der Waals surface area contributed by atoms with E-state index in [4.69, 9.17) is 0 Å². The first kappa shape index (κ1) is 18.3. The Labute approximate surface area is 124 Å². The van der Waals surface area contributed by atoms with Gasteiger partial charge in [-0.05, 0) is 25.0 Å². The van der Waals surface area contributed by atoms with E-state index < -0.39 is 0 Å². The minimum absolute atomic E-state index is 0.968. The Balaban J connectivity index is 0.000000829. The van der Waals surface area contributed by atoms with Crippen molar-refractivity contribution in [3.05, 3.63) is 41.6 Å². The minimum Gasteiger partial charge on any atom is -0.291 e. The number of benzene rings is 1. The van der Waals surface area contributed by atoms with Crippen molar-refractivity contribution in [1.82, 2.24) is 4.98 Å². The van der Waals surface area contributed by atoms with Gasteiger partial charge in [-0.3, -0.25) is 4.99 Å². The first-order valence-corrected chi connectivity index (χ1v) is 7.58. The maximum absolute atomic E-state index is 4.69. The Morgan fingerprint density at radius 2 is 1.70 bits per heavy atom. The quantitative estimate of drug-likeness (QED) is 0.682. The third-order valence-electron chi connectivity index (χ3n) is 2.89. The van der Waals surface area contributed by atoms with Gasteiger partial charge in [0.1, 0.15) is 0 Å². The van der Waals surface area contributed by atoms with Crippen LogP contribution in [0.5, 0.6) is 0 Å². The van der Waals surface area contributed by atoms with E-state index in [1.54, 1.807) is 7.05 Å². The Morgan fingerprint density at radius 1 is 1.05 bits per heavy atom. The number of rotatable bonds is 2. The van der Waals surface area contributed by atoms with Gasteiger partial charge in [0.25, 0.3) is 0 Å². The number of aromatic nitrogens is 1. The summed E-state index contributed by atoms with van der Waals surface area (Å²) in [6, 6.07) is 10.5. The van der Waals surface area contributed by atoms with Gasteiger partial charge in [-0.2, -0.15) is 0 Å². The fourth-order valence-electron chi connectivity index (χ4n) is 1.81. The van der Waals surface area contributed by atoms with Gasteiger partial charge in [0.15, 0.2) is 0 Å². The van der Waals surface area contributed by atoms with Gasteiger partial charge in [-0.15, -0.1) is 0 Å². The highest BCUT2D eigenvalue weighted by Crippen LogP contribution is 2.18. The van der Waals surface area contributed by atoms with Crippen molar-refractivity contribution in [3.8, 4) is 0 Å². The monoisotopic (exact) mass is 272 g/mol. The van der Waals surface area contributed by atoms with E-state index in [0.717, 1.165) is 23.3 Å². The summed E-state index contributed by atoms with van der Waals surface area (Å²) in [6.45, 7) is 12.1. The highest BCUT2D eigenvalue weighted by Gasteiger charge is 2.03. The number of hydrogen-bond acceptors (Lipinski definition) is 2. The van der Waals surface area contributed by atoms with Crippen molar-refractivity contribution in [3.63, 3.8) is 0 Å². The van der Waals surface area contributed by atoms with Crippen LogP contribution in [0.3, 0.4) is 0 Å². The second kappa shape index (κ2) is 10.1. The lowest BCUT2D eigenvalue weighted by atomic mass is 10.1. The highest BCUT2D eigenvalue weighted by atomic mass is 14.8. The van der Waals surface area contributed by atoms with Crippen molar-refractivity contribution in [2.75, 3.05) is 7.05 Å². The molecule has 2 heteroatoms. The Hall–Kier alpha value is -1.70. The summed E-state index contributed by atoms with van der Waals surface area (Å²) >= 11 is 0. The summed E-state index contributed by atoms with van der Waals surface area (Å²) < 4.78 is 0. The van der Waals surface area contributed by atoms with Crippen LogP contribution >= 0.6 is 0 Å². The molecule has 20 heavy (non-hydrogen) atoms. The summed E-state index contributed by atoms with van der Waals surface area (Å²) in [5.74, 6) is 0. The van der Waals surface area contributed by atoms with Crippen LogP contribution in [-0.2, 0) is 6.42 Å². The Kier molecular flexibility index (Phi) is 9.27. The molecule has 0 atom stereocenters.